The number of nitrogens with zero attached hydrogens (tertiary/aromatic N) is 1. The van der Waals surface area contributed by atoms with Crippen molar-refractivity contribution in [3.05, 3.63) is 68.0 Å². The fraction of sp³-hybridized carbons (Fsp3) is 0.294. The Morgan fingerprint density at radius 1 is 1.21 bits per heavy atom. The molecule has 1 aromatic carbocycles. The Hall–Kier alpha value is -2.96. The average Bonchev–Trinajstić information content (AvgIpc) is 2.51. The van der Waals surface area contributed by atoms with E-state index >= 15 is 0 Å². The van der Waals surface area contributed by atoms with Gasteiger partial charge in [0.25, 0.3) is 5.56 Å². The van der Waals surface area contributed by atoms with Gasteiger partial charge >= 0.3 is 11.7 Å². The Morgan fingerprint density at radius 2 is 1.92 bits per heavy atom. The number of nitrogens with one attached hydrogen (secondary N) is 1. The van der Waals surface area contributed by atoms with Crippen LogP contribution in [0.1, 0.15) is 28.4 Å². The van der Waals surface area contributed by atoms with Gasteiger partial charge < -0.3 is 4.74 Å². The molecule has 0 radical (unpaired) electrons. The van der Waals surface area contributed by atoms with Crippen LogP contribution in [0.2, 0.25) is 0 Å². The molecule has 0 bridgehead atoms. The maximum Gasteiger partial charge on any atom is 0.328 e. The highest BCUT2D eigenvalue weighted by Crippen LogP contribution is 2.14. The summed E-state index contributed by atoms with van der Waals surface area (Å²) >= 11 is 0. The number of rotatable bonds is 5. The number of benzene rings is 1. The molecular formula is C17H18N2O5. The molecule has 0 aliphatic carbocycles. The van der Waals surface area contributed by atoms with E-state index in [2.05, 4.69) is 0 Å². The van der Waals surface area contributed by atoms with Crippen molar-refractivity contribution < 1.29 is 14.3 Å². The minimum absolute atomic E-state index is 0.307. The van der Waals surface area contributed by atoms with Gasteiger partial charge in [-0.15, -0.1) is 0 Å². The standard InChI is InChI=1S/C17H18N2O5/c1-10-4-5-11(2)13(8-10)16(22)12(3)24-15(21)9-19-7-6-14(20)18-17(19)23/h4-8,12H,9H2,1-3H3,(H,18,20,23)/t12-/m1/s1. The number of H-pyrrole nitrogens is 1. The highest BCUT2D eigenvalue weighted by molar-refractivity contribution is 6.01. The van der Waals surface area contributed by atoms with Gasteiger partial charge in [-0.25, -0.2) is 4.79 Å². The van der Waals surface area contributed by atoms with Gasteiger partial charge in [0.15, 0.2) is 6.10 Å². The van der Waals surface area contributed by atoms with Crippen molar-refractivity contribution in [3.8, 4) is 0 Å². The van der Waals surface area contributed by atoms with Crippen LogP contribution in [0.5, 0.6) is 0 Å². The summed E-state index contributed by atoms with van der Waals surface area (Å²) in [5.74, 6) is -1.05. The maximum atomic E-state index is 12.4. The fourth-order valence-electron chi connectivity index (χ4n) is 2.22. The predicted octanol–water partition coefficient (Wildman–Crippen LogP) is 0.968. The number of carbonyl (C=O) groups excluding carboxylic acids is 2. The minimum Gasteiger partial charge on any atom is -0.453 e. The van der Waals surface area contributed by atoms with E-state index in [0.717, 1.165) is 21.8 Å². The van der Waals surface area contributed by atoms with Gasteiger partial charge in [-0.3, -0.25) is 23.9 Å². The summed E-state index contributed by atoms with van der Waals surface area (Å²) in [7, 11) is 0. The Kier molecular flexibility index (Phi) is 5.13. The molecule has 1 N–H and O–H groups in total. The molecule has 24 heavy (non-hydrogen) atoms. The molecule has 2 rings (SSSR count). The van der Waals surface area contributed by atoms with Gasteiger partial charge in [0, 0.05) is 17.8 Å². The third-order valence-corrected chi connectivity index (χ3v) is 3.53. The number of aryl methyl sites for hydroxylation is 2. The maximum absolute atomic E-state index is 12.4. The third kappa shape index (κ3) is 4.07. The van der Waals surface area contributed by atoms with Gasteiger partial charge in [-0.1, -0.05) is 17.7 Å². The molecular weight excluding hydrogens is 312 g/mol. The number of hydrogen-bond acceptors (Lipinski definition) is 5. The van der Waals surface area contributed by atoms with Gasteiger partial charge in [-0.2, -0.15) is 0 Å². The quantitative estimate of drug-likeness (QED) is 0.650. The molecule has 126 valence electrons. The van der Waals surface area contributed by atoms with Crippen LogP contribution in [-0.2, 0) is 16.1 Å². The zero-order valence-electron chi connectivity index (χ0n) is 13.7. The van der Waals surface area contributed by atoms with E-state index in [-0.39, 0.29) is 12.3 Å². The van der Waals surface area contributed by atoms with Crippen LogP contribution in [0, 0.1) is 13.8 Å². The molecule has 2 aromatic rings. The molecule has 7 heteroatoms. The second kappa shape index (κ2) is 7.08. The van der Waals surface area contributed by atoms with E-state index in [1.165, 1.54) is 13.1 Å². The number of ketones is 1. The molecule has 1 aromatic heterocycles. The summed E-state index contributed by atoms with van der Waals surface area (Å²) in [6.45, 7) is 4.77. The molecule has 0 spiro atoms. The van der Waals surface area contributed by atoms with E-state index in [0.29, 0.717) is 5.56 Å². The Labute approximate surface area is 137 Å². The number of carbonyl (C=O) groups is 2. The van der Waals surface area contributed by atoms with Gasteiger partial charge in [0.1, 0.15) is 6.54 Å². The number of hydrogen-bond donors (Lipinski definition) is 1. The zero-order valence-corrected chi connectivity index (χ0v) is 13.7. The molecule has 0 aliphatic heterocycles. The van der Waals surface area contributed by atoms with Gasteiger partial charge in [0.05, 0.1) is 0 Å². The van der Waals surface area contributed by atoms with Crippen LogP contribution >= 0.6 is 0 Å². The van der Waals surface area contributed by atoms with E-state index in [1.54, 1.807) is 13.0 Å². The Morgan fingerprint density at radius 3 is 2.58 bits per heavy atom. The topological polar surface area (TPSA) is 98.2 Å². The van der Waals surface area contributed by atoms with Crippen molar-refractivity contribution >= 4 is 11.8 Å². The lowest BCUT2D eigenvalue weighted by Gasteiger charge is -2.14. The number of ether oxygens (including phenoxy) is 1. The normalized spacial score (nSPS) is 11.8. The summed E-state index contributed by atoms with van der Waals surface area (Å²) in [6.07, 6.45) is 0.219. The van der Waals surface area contributed by atoms with Crippen LogP contribution in [-0.4, -0.2) is 27.4 Å². The van der Waals surface area contributed by atoms with E-state index < -0.39 is 23.3 Å². The zero-order chi connectivity index (χ0) is 17.9. The largest absolute Gasteiger partial charge is 0.453 e. The number of Topliss-reactive ketones (excluding diaryl/α,β-unsaturated/α-hetero) is 1. The van der Waals surface area contributed by atoms with Crippen molar-refractivity contribution in [2.24, 2.45) is 0 Å². The number of aromatic nitrogens is 2. The molecule has 0 amide bonds. The van der Waals surface area contributed by atoms with Crippen molar-refractivity contribution in [1.29, 1.82) is 0 Å². The molecule has 0 saturated heterocycles. The molecule has 1 heterocycles. The number of esters is 1. The summed E-state index contributed by atoms with van der Waals surface area (Å²) < 4.78 is 6.11. The van der Waals surface area contributed by atoms with Crippen LogP contribution in [0.25, 0.3) is 0 Å². The predicted molar refractivity (Wildman–Crippen MR) is 87.1 cm³/mol. The van der Waals surface area contributed by atoms with Crippen LogP contribution in [0.4, 0.5) is 0 Å². The van der Waals surface area contributed by atoms with Crippen molar-refractivity contribution in [2.75, 3.05) is 0 Å². The second-order valence-corrected chi connectivity index (χ2v) is 5.55. The summed E-state index contributed by atoms with van der Waals surface area (Å²) in [5.41, 5.74) is 0.958. The molecule has 0 fully saturated rings. The van der Waals surface area contributed by atoms with Crippen molar-refractivity contribution in [1.82, 2.24) is 9.55 Å². The van der Waals surface area contributed by atoms with Crippen molar-refractivity contribution in [3.63, 3.8) is 0 Å². The van der Waals surface area contributed by atoms with Crippen LogP contribution < -0.4 is 11.2 Å². The van der Waals surface area contributed by atoms with E-state index in [4.69, 9.17) is 4.74 Å². The molecule has 1 atom stereocenters. The Balaban J connectivity index is 2.08. The first-order chi connectivity index (χ1) is 11.3. The first-order valence-corrected chi connectivity index (χ1v) is 7.38. The highest BCUT2D eigenvalue weighted by Gasteiger charge is 2.21. The summed E-state index contributed by atoms with van der Waals surface area (Å²) in [4.78, 5) is 48.9. The lowest BCUT2D eigenvalue weighted by Crippen LogP contribution is -2.33. The van der Waals surface area contributed by atoms with Crippen molar-refractivity contribution in [2.45, 2.75) is 33.4 Å². The van der Waals surface area contributed by atoms with E-state index in [9.17, 15) is 19.2 Å². The Bertz CT molecular complexity index is 894. The van der Waals surface area contributed by atoms with Crippen LogP contribution in [0.15, 0.2) is 40.1 Å². The molecule has 7 nitrogen and oxygen atoms in total. The molecule has 0 aliphatic rings. The lowest BCUT2D eigenvalue weighted by atomic mass is 9.99. The fourth-order valence-corrected chi connectivity index (χ4v) is 2.22. The van der Waals surface area contributed by atoms with Gasteiger partial charge in [0.2, 0.25) is 5.78 Å². The lowest BCUT2D eigenvalue weighted by molar-refractivity contribution is -0.147. The number of aromatic amines is 1. The second-order valence-electron chi connectivity index (χ2n) is 5.55. The van der Waals surface area contributed by atoms with E-state index in [1.807, 2.05) is 24.0 Å². The molecule has 0 saturated carbocycles. The highest BCUT2D eigenvalue weighted by atomic mass is 16.5. The minimum atomic E-state index is -0.975. The third-order valence-electron chi connectivity index (χ3n) is 3.53. The first kappa shape index (κ1) is 17.4. The smallest absolute Gasteiger partial charge is 0.328 e. The summed E-state index contributed by atoms with van der Waals surface area (Å²) in [5, 5.41) is 0. The SMILES string of the molecule is Cc1ccc(C)c(C(=O)[C@@H](C)OC(=O)Cn2ccc(=O)[nH]c2=O)c1. The first-order valence-electron chi connectivity index (χ1n) is 7.38. The summed E-state index contributed by atoms with van der Waals surface area (Å²) in [6, 6.07) is 6.59. The van der Waals surface area contributed by atoms with Crippen LogP contribution in [0.3, 0.4) is 0 Å². The average molecular weight is 330 g/mol. The van der Waals surface area contributed by atoms with Gasteiger partial charge in [-0.05, 0) is 32.4 Å². The monoisotopic (exact) mass is 330 g/mol. The molecule has 0 unspecified atom stereocenters.